The van der Waals surface area contributed by atoms with Crippen molar-refractivity contribution in [2.24, 2.45) is 0 Å². The van der Waals surface area contributed by atoms with E-state index in [-0.39, 0.29) is 11.8 Å². The SMILES string of the molecule is O=C1c2ccccc2C(=O)N1CCCSc1nnc(C2CC2)s1. The summed E-state index contributed by atoms with van der Waals surface area (Å²) in [6, 6.07) is 7.00. The van der Waals surface area contributed by atoms with Crippen LogP contribution in [-0.2, 0) is 0 Å². The first-order chi connectivity index (χ1) is 11.2. The minimum absolute atomic E-state index is 0.178. The molecule has 0 N–H and O–H groups in total. The number of carbonyl (C=O) groups is 2. The van der Waals surface area contributed by atoms with Gasteiger partial charge in [-0.2, -0.15) is 0 Å². The van der Waals surface area contributed by atoms with Crippen LogP contribution >= 0.6 is 23.1 Å². The van der Waals surface area contributed by atoms with Crippen LogP contribution in [0.25, 0.3) is 0 Å². The lowest BCUT2D eigenvalue weighted by molar-refractivity contribution is 0.0655. The van der Waals surface area contributed by atoms with Crippen LogP contribution < -0.4 is 0 Å². The van der Waals surface area contributed by atoms with E-state index in [9.17, 15) is 9.59 Å². The zero-order valence-electron chi connectivity index (χ0n) is 12.4. The molecule has 4 rings (SSSR count). The normalized spacial score (nSPS) is 17.0. The lowest BCUT2D eigenvalue weighted by Gasteiger charge is -2.12. The Kier molecular flexibility index (Phi) is 3.90. The minimum Gasteiger partial charge on any atom is -0.274 e. The highest BCUT2D eigenvalue weighted by Gasteiger charge is 2.34. The highest BCUT2D eigenvalue weighted by Crippen LogP contribution is 2.42. The fourth-order valence-corrected chi connectivity index (χ4v) is 4.63. The molecule has 2 amide bonds. The summed E-state index contributed by atoms with van der Waals surface area (Å²) >= 11 is 3.32. The van der Waals surface area contributed by atoms with Gasteiger partial charge in [0.25, 0.3) is 11.8 Å². The smallest absolute Gasteiger partial charge is 0.261 e. The third-order valence-electron chi connectivity index (χ3n) is 3.98. The summed E-state index contributed by atoms with van der Waals surface area (Å²) in [6.07, 6.45) is 3.23. The van der Waals surface area contributed by atoms with E-state index in [2.05, 4.69) is 10.2 Å². The van der Waals surface area contributed by atoms with Gasteiger partial charge in [0.15, 0.2) is 4.34 Å². The van der Waals surface area contributed by atoms with Gasteiger partial charge < -0.3 is 0 Å². The standard InChI is InChI=1S/C16H15N3O2S2/c20-14-11-4-1-2-5-12(11)15(21)19(14)8-3-9-22-16-18-17-13(23-16)10-6-7-10/h1-2,4-5,10H,3,6-9H2. The predicted octanol–water partition coefficient (Wildman–Crippen LogP) is 3.19. The molecule has 0 saturated heterocycles. The number of hydrogen-bond donors (Lipinski definition) is 0. The molecule has 23 heavy (non-hydrogen) atoms. The largest absolute Gasteiger partial charge is 0.274 e. The van der Waals surface area contributed by atoms with Crippen LogP contribution in [-0.4, -0.2) is 39.2 Å². The topological polar surface area (TPSA) is 63.2 Å². The molecular weight excluding hydrogens is 330 g/mol. The summed E-state index contributed by atoms with van der Waals surface area (Å²) in [5.74, 6) is 1.11. The second-order valence-electron chi connectivity index (χ2n) is 5.69. The number of hydrogen-bond acceptors (Lipinski definition) is 6. The van der Waals surface area contributed by atoms with E-state index < -0.39 is 0 Å². The van der Waals surface area contributed by atoms with E-state index >= 15 is 0 Å². The van der Waals surface area contributed by atoms with Gasteiger partial charge in [0, 0.05) is 18.2 Å². The Balaban J connectivity index is 1.30. The van der Waals surface area contributed by atoms with Gasteiger partial charge in [-0.1, -0.05) is 35.2 Å². The number of imide groups is 1. The van der Waals surface area contributed by atoms with Gasteiger partial charge in [-0.05, 0) is 31.4 Å². The Morgan fingerprint density at radius 2 is 1.83 bits per heavy atom. The molecule has 7 heteroatoms. The number of thioether (sulfide) groups is 1. The third kappa shape index (κ3) is 2.90. The molecule has 118 valence electrons. The van der Waals surface area contributed by atoms with Gasteiger partial charge >= 0.3 is 0 Å². The van der Waals surface area contributed by atoms with Crippen molar-refractivity contribution in [3.05, 3.63) is 40.4 Å². The average molecular weight is 345 g/mol. The molecule has 0 bridgehead atoms. The van der Waals surface area contributed by atoms with E-state index in [1.54, 1.807) is 47.4 Å². The van der Waals surface area contributed by atoms with Crippen LogP contribution in [0.1, 0.15) is 50.9 Å². The van der Waals surface area contributed by atoms with E-state index in [0.29, 0.717) is 23.6 Å². The molecule has 1 aliphatic carbocycles. The summed E-state index contributed by atoms with van der Waals surface area (Å²) in [5.41, 5.74) is 1.03. The van der Waals surface area contributed by atoms with Crippen molar-refractivity contribution in [2.45, 2.75) is 29.5 Å². The van der Waals surface area contributed by atoms with Crippen LogP contribution in [0.4, 0.5) is 0 Å². The van der Waals surface area contributed by atoms with Crippen LogP contribution in [0.3, 0.4) is 0 Å². The summed E-state index contributed by atoms with van der Waals surface area (Å²) < 4.78 is 0.981. The lowest BCUT2D eigenvalue weighted by Crippen LogP contribution is -2.30. The number of amides is 2. The summed E-state index contributed by atoms with van der Waals surface area (Å²) in [7, 11) is 0. The highest BCUT2D eigenvalue weighted by atomic mass is 32.2. The number of nitrogens with zero attached hydrogens (tertiary/aromatic N) is 3. The predicted molar refractivity (Wildman–Crippen MR) is 89.0 cm³/mol. The molecule has 0 spiro atoms. The maximum atomic E-state index is 12.2. The third-order valence-corrected chi connectivity index (χ3v) is 6.28. The molecule has 0 atom stereocenters. The van der Waals surface area contributed by atoms with Gasteiger partial charge in [0.1, 0.15) is 5.01 Å². The number of aromatic nitrogens is 2. The molecule has 5 nitrogen and oxygen atoms in total. The van der Waals surface area contributed by atoms with E-state index in [1.165, 1.54) is 17.7 Å². The number of carbonyl (C=O) groups excluding carboxylic acids is 2. The molecule has 1 saturated carbocycles. The van der Waals surface area contributed by atoms with Gasteiger partial charge in [-0.15, -0.1) is 10.2 Å². The van der Waals surface area contributed by atoms with Crippen molar-refractivity contribution < 1.29 is 9.59 Å². The molecule has 1 fully saturated rings. The maximum absolute atomic E-state index is 12.2. The van der Waals surface area contributed by atoms with Crippen molar-refractivity contribution in [2.75, 3.05) is 12.3 Å². The quantitative estimate of drug-likeness (QED) is 0.457. The summed E-state index contributed by atoms with van der Waals surface area (Å²) in [6.45, 7) is 0.452. The van der Waals surface area contributed by atoms with Crippen LogP contribution in [0, 0.1) is 0 Å². The average Bonchev–Trinajstić information content (AvgIpc) is 3.27. The number of rotatable bonds is 6. The van der Waals surface area contributed by atoms with Crippen molar-refractivity contribution in [1.82, 2.24) is 15.1 Å². The fraction of sp³-hybridized carbons (Fsp3) is 0.375. The molecule has 0 radical (unpaired) electrons. The molecule has 2 heterocycles. The maximum Gasteiger partial charge on any atom is 0.261 e. The Morgan fingerprint density at radius 3 is 2.48 bits per heavy atom. The first-order valence-electron chi connectivity index (χ1n) is 7.65. The number of benzene rings is 1. The molecule has 0 unspecified atom stereocenters. The summed E-state index contributed by atoms with van der Waals surface area (Å²) in [4.78, 5) is 25.8. The van der Waals surface area contributed by atoms with E-state index in [1.807, 2.05) is 0 Å². The van der Waals surface area contributed by atoms with Gasteiger partial charge in [-0.3, -0.25) is 14.5 Å². The Morgan fingerprint density at radius 1 is 1.13 bits per heavy atom. The van der Waals surface area contributed by atoms with Gasteiger partial charge in [-0.25, -0.2) is 0 Å². The second-order valence-corrected chi connectivity index (χ2v) is 8.04. The first kappa shape index (κ1) is 14.8. The highest BCUT2D eigenvalue weighted by molar-refractivity contribution is 8.01. The second kappa shape index (κ2) is 6.05. The Bertz CT molecular complexity index is 735. The van der Waals surface area contributed by atoms with Crippen LogP contribution in [0.2, 0.25) is 0 Å². The summed E-state index contributed by atoms with van der Waals surface area (Å²) in [5, 5.41) is 9.55. The zero-order valence-corrected chi connectivity index (χ0v) is 14.0. The Hall–Kier alpha value is -1.73. The van der Waals surface area contributed by atoms with E-state index in [4.69, 9.17) is 0 Å². The zero-order chi connectivity index (χ0) is 15.8. The van der Waals surface area contributed by atoms with Crippen LogP contribution in [0.15, 0.2) is 28.6 Å². The molecule has 1 aliphatic heterocycles. The molecule has 1 aromatic heterocycles. The van der Waals surface area contributed by atoms with Gasteiger partial charge in [0.2, 0.25) is 0 Å². The van der Waals surface area contributed by atoms with Crippen molar-refractivity contribution >= 4 is 34.9 Å². The van der Waals surface area contributed by atoms with Crippen molar-refractivity contribution in [3.8, 4) is 0 Å². The van der Waals surface area contributed by atoms with Gasteiger partial charge in [0.05, 0.1) is 11.1 Å². The Labute approximate surface area is 142 Å². The fourth-order valence-electron chi connectivity index (χ4n) is 2.60. The molecule has 2 aliphatic rings. The number of fused-ring (bicyclic) bond motifs is 1. The molecule has 1 aromatic carbocycles. The molecule has 2 aromatic rings. The minimum atomic E-state index is -0.178. The lowest BCUT2D eigenvalue weighted by atomic mass is 10.1. The molecular formula is C16H15N3O2S2. The van der Waals surface area contributed by atoms with E-state index in [0.717, 1.165) is 21.5 Å². The van der Waals surface area contributed by atoms with Crippen molar-refractivity contribution in [3.63, 3.8) is 0 Å². The monoisotopic (exact) mass is 345 g/mol. The first-order valence-corrected chi connectivity index (χ1v) is 9.45. The van der Waals surface area contributed by atoms with Crippen molar-refractivity contribution in [1.29, 1.82) is 0 Å². The van der Waals surface area contributed by atoms with Crippen LogP contribution in [0.5, 0.6) is 0 Å².